The van der Waals surface area contributed by atoms with Crippen molar-refractivity contribution in [3.63, 3.8) is 0 Å². The maximum absolute atomic E-state index is 9.33. The molecule has 13 heavy (non-hydrogen) atoms. The van der Waals surface area contributed by atoms with Crippen LogP contribution in [0.15, 0.2) is 24.3 Å². The highest BCUT2D eigenvalue weighted by Crippen LogP contribution is 2.44. The van der Waals surface area contributed by atoms with Gasteiger partial charge in [0.15, 0.2) is 0 Å². The lowest BCUT2D eigenvalue weighted by Crippen LogP contribution is -1.99. The van der Waals surface area contributed by atoms with Crippen LogP contribution in [0.2, 0.25) is 0 Å². The van der Waals surface area contributed by atoms with Crippen LogP contribution in [0.3, 0.4) is 0 Å². The molecule has 1 nitrogen and oxygen atoms in total. The van der Waals surface area contributed by atoms with Gasteiger partial charge in [0.2, 0.25) is 0 Å². The molecule has 3 heteroatoms. The zero-order chi connectivity index (χ0) is 9.10. The largest absolute Gasteiger partial charge is 0.508 e. The zero-order valence-electron chi connectivity index (χ0n) is 7.27. The number of hydrogen-bond donors (Lipinski definition) is 1. The number of rotatable bonds is 1. The average molecular weight is 212 g/mol. The molecule has 0 amide bonds. The minimum Gasteiger partial charge on any atom is -0.508 e. The minimum absolute atomic E-state index is 0.379. The number of hydrogen-bond acceptors (Lipinski definition) is 3. The van der Waals surface area contributed by atoms with E-state index in [4.69, 9.17) is 0 Å². The molecule has 0 unspecified atom stereocenters. The summed E-state index contributed by atoms with van der Waals surface area (Å²) in [7, 11) is 0. The molecule has 0 aromatic heterocycles. The second kappa shape index (κ2) is 4.29. The van der Waals surface area contributed by atoms with E-state index in [2.05, 4.69) is 6.07 Å². The van der Waals surface area contributed by atoms with Crippen LogP contribution in [0, 0.1) is 0 Å². The Morgan fingerprint density at radius 1 is 1.23 bits per heavy atom. The van der Waals surface area contributed by atoms with Crippen LogP contribution in [0.5, 0.6) is 5.75 Å². The molecule has 2 rings (SSSR count). The van der Waals surface area contributed by atoms with Crippen LogP contribution in [-0.4, -0.2) is 16.6 Å². The molecule has 1 aliphatic rings. The van der Waals surface area contributed by atoms with E-state index < -0.39 is 0 Å². The van der Waals surface area contributed by atoms with E-state index in [0.29, 0.717) is 10.3 Å². The van der Waals surface area contributed by atoms with Gasteiger partial charge in [-0.2, -0.15) is 0 Å². The van der Waals surface area contributed by atoms with E-state index in [1.807, 2.05) is 35.7 Å². The first-order chi connectivity index (χ1) is 6.36. The number of thioether (sulfide) groups is 2. The standard InChI is InChI=1S/C10H12OS2/c11-9-4-1-3-8(7-9)10-12-5-2-6-13-10/h1,3-4,7,10-11H,2,5-6H2. The molecule has 1 saturated heterocycles. The van der Waals surface area contributed by atoms with Crippen molar-refractivity contribution < 1.29 is 5.11 Å². The molecule has 0 bridgehead atoms. The van der Waals surface area contributed by atoms with Crippen molar-refractivity contribution in [3.05, 3.63) is 29.8 Å². The Hall–Kier alpha value is -0.280. The van der Waals surface area contributed by atoms with Crippen molar-refractivity contribution in [2.75, 3.05) is 11.5 Å². The molecule has 0 atom stereocenters. The summed E-state index contributed by atoms with van der Waals surface area (Å²) in [6.07, 6.45) is 1.31. The van der Waals surface area contributed by atoms with Crippen molar-refractivity contribution in [1.82, 2.24) is 0 Å². The van der Waals surface area contributed by atoms with E-state index in [1.165, 1.54) is 23.5 Å². The highest BCUT2D eigenvalue weighted by Gasteiger charge is 2.16. The van der Waals surface area contributed by atoms with E-state index in [-0.39, 0.29) is 0 Å². The molecule has 0 spiro atoms. The Bertz CT molecular complexity index is 282. The maximum atomic E-state index is 9.33. The second-order valence-corrected chi connectivity index (χ2v) is 5.75. The Labute approximate surface area is 86.9 Å². The van der Waals surface area contributed by atoms with Crippen LogP contribution in [0.4, 0.5) is 0 Å². The Morgan fingerprint density at radius 3 is 2.69 bits per heavy atom. The third kappa shape index (κ3) is 2.35. The summed E-state index contributed by atoms with van der Waals surface area (Å²) in [6.45, 7) is 0. The van der Waals surface area contributed by atoms with Gasteiger partial charge < -0.3 is 5.11 Å². The van der Waals surface area contributed by atoms with Crippen LogP contribution >= 0.6 is 23.5 Å². The number of phenolic OH excluding ortho intramolecular Hbond substituents is 1. The van der Waals surface area contributed by atoms with Crippen LogP contribution in [0.25, 0.3) is 0 Å². The van der Waals surface area contributed by atoms with Crippen LogP contribution in [-0.2, 0) is 0 Å². The summed E-state index contributed by atoms with van der Waals surface area (Å²) >= 11 is 3.95. The summed E-state index contributed by atoms with van der Waals surface area (Å²) in [5.41, 5.74) is 1.25. The first-order valence-corrected chi connectivity index (χ1v) is 6.48. The maximum Gasteiger partial charge on any atom is 0.115 e. The summed E-state index contributed by atoms with van der Waals surface area (Å²) < 4.78 is 0.529. The fourth-order valence-corrected chi connectivity index (χ4v) is 4.22. The van der Waals surface area contributed by atoms with Crippen molar-refractivity contribution in [2.45, 2.75) is 11.0 Å². The minimum atomic E-state index is 0.379. The number of phenols is 1. The monoisotopic (exact) mass is 212 g/mol. The van der Waals surface area contributed by atoms with E-state index >= 15 is 0 Å². The Kier molecular flexibility index (Phi) is 3.06. The summed E-state index contributed by atoms with van der Waals surface area (Å²) in [6, 6.07) is 7.60. The van der Waals surface area contributed by atoms with Crippen molar-refractivity contribution in [2.24, 2.45) is 0 Å². The lowest BCUT2D eigenvalue weighted by molar-refractivity contribution is 0.475. The topological polar surface area (TPSA) is 20.2 Å². The van der Waals surface area contributed by atoms with E-state index in [1.54, 1.807) is 6.07 Å². The molecular formula is C10H12OS2. The summed E-state index contributed by atoms with van der Waals surface area (Å²) in [5.74, 6) is 2.87. The lowest BCUT2D eigenvalue weighted by atomic mass is 10.2. The highest BCUT2D eigenvalue weighted by atomic mass is 32.2. The molecule has 1 heterocycles. The first-order valence-electron chi connectivity index (χ1n) is 4.38. The molecule has 1 fully saturated rings. The number of aromatic hydroxyl groups is 1. The van der Waals surface area contributed by atoms with Gasteiger partial charge in [-0.15, -0.1) is 23.5 Å². The summed E-state index contributed by atoms with van der Waals surface area (Å²) in [4.78, 5) is 0. The lowest BCUT2D eigenvalue weighted by Gasteiger charge is -2.21. The summed E-state index contributed by atoms with van der Waals surface area (Å²) in [5, 5.41) is 9.33. The smallest absolute Gasteiger partial charge is 0.115 e. The van der Waals surface area contributed by atoms with Gasteiger partial charge in [0.05, 0.1) is 4.58 Å². The molecular weight excluding hydrogens is 200 g/mol. The predicted molar refractivity (Wildman–Crippen MR) is 60.4 cm³/mol. The first kappa shape index (κ1) is 9.28. The highest BCUT2D eigenvalue weighted by molar-refractivity contribution is 8.16. The van der Waals surface area contributed by atoms with Gasteiger partial charge in [-0.3, -0.25) is 0 Å². The molecule has 0 saturated carbocycles. The fourth-order valence-electron chi connectivity index (χ4n) is 1.35. The Balaban J connectivity index is 2.14. The Morgan fingerprint density at radius 2 is 2.00 bits per heavy atom. The quantitative estimate of drug-likeness (QED) is 0.771. The third-order valence-electron chi connectivity index (χ3n) is 1.97. The van der Waals surface area contributed by atoms with Crippen molar-refractivity contribution in [1.29, 1.82) is 0 Å². The molecule has 1 aliphatic heterocycles. The fraction of sp³-hybridized carbons (Fsp3) is 0.400. The molecule has 1 N–H and O–H groups in total. The average Bonchev–Trinajstić information content (AvgIpc) is 2.19. The predicted octanol–water partition coefficient (Wildman–Crippen LogP) is 3.26. The van der Waals surface area contributed by atoms with E-state index in [0.717, 1.165) is 0 Å². The van der Waals surface area contributed by atoms with Gasteiger partial charge in [-0.05, 0) is 35.6 Å². The van der Waals surface area contributed by atoms with Gasteiger partial charge in [-0.25, -0.2) is 0 Å². The van der Waals surface area contributed by atoms with Gasteiger partial charge >= 0.3 is 0 Å². The molecule has 1 aromatic rings. The molecule has 0 radical (unpaired) electrons. The third-order valence-corrected chi connectivity index (χ3v) is 4.98. The van der Waals surface area contributed by atoms with Crippen molar-refractivity contribution >= 4 is 23.5 Å². The normalized spacial score (nSPS) is 18.8. The molecule has 1 aromatic carbocycles. The second-order valence-electron chi connectivity index (χ2n) is 3.02. The van der Waals surface area contributed by atoms with Crippen LogP contribution in [0.1, 0.15) is 16.6 Å². The molecule has 70 valence electrons. The zero-order valence-corrected chi connectivity index (χ0v) is 8.90. The SMILES string of the molecule is Oc1cccc(C2SCCCS2)c1. The van der Waals surface area contributed by atoms with Gasteiger partial charge in [0, 0.05) is 0 Å². The van der Waals surface area contributed by atoms with Gasteiger partial charge in [-0.1, -0.05) is 12.1 Å². The van der Waals surface area contributed by atoms with Crippen molar-refractivity contribution in [3.8, 4) is 5.75 Å². The molecule has 0 aliphatic carbocycles. The van der Waals surface area contributed by atoms with Gasteiger partial charge in [0.1, 0.15) is 5.75 Å². The van der Waals surface area contributed by atoms with Gasteiger partial charge in [0.25, 0.3) is 0 Å². The van der Waals surface area contributed by atoms with Crippen LogP contribution < -0.4 is 0 Å². The van der Waals surface area contributed by atoms with E-state index in [9.17, 15) is 5.11 Å². The number of benzene rings is 1.